The van der Waals surface area contributed by atoms with Crippen molar-refractivity contribution in [1.82, 2.24) is 10.2 Å². The van der Waals surface area contributed by atoms with Crippen LogP contribution in [0.3, 0.4) is 0 Å². The summed E-state index contributed by atoms with van der Waals surface area (Å²) in [4.78, 5) is 17.5. The highest BCUT2D eigenvalue weighted by Crippen LogP contribution is 2.20. The van der Waals surface area contributed by atoms with Crippen LogP contribution < -0.4 is 10.2 Å². The molecule has 1 amide bonds. The number of amides is 1. The number of hydrogen-bond acceptors (Lipinski definition) is 3. The minimum Gasteiger partial charge on any atom is -0.372 e. The maximum Gasteiger partial charge on any atom is 0.251 e. The highest BCUT2D eigenvalue weighted by molar-refractivity contribution is 5.94. The molecule has 154 valence electrons. The molecule has 0 saturated carbocycles. The van der Waals surface area contributed by atoms with Crippen LogP contribution in [0.25, 0.3) is 0 Å². The maximum absolute atomic E-state index is 12.5. The van der Waals surface area contributed by atoms with E-state index in [2.05, 4.69) is 51.5 Å². The van der Waals surface area contributed by atoms with Crippen molar-refractivity contribution in [2.45, 2.75) is 51.6 Å². The summed E-state index contributed by atoms with van der Waals surface area (Å²) in [5.41, 5.74) is 4.46. The lowest BCUT2D eigenvalue weighted by Gasteiger charge is -2.28. The van der Waals surface area contributed by atoms with Crippen molar-refractivity contribution >= 4 is 11.6 Å². The van der Waals surface area contributed by atoms with Gasteiger partial charge in [0.05, 0.1) is 0 Å². The van der Waals surface area contributed by atoms with Gasteiger partial charge < -0.3 is 10.2 Å². The Labute approximate surface area is 174 Å². The molecular weight excluding hydrogens is 358 g/mol. The number of benzene rings is 2. The molecule has 4 rings (SSSR count). The molecule has 0 spiro atoms. The van der Waals surface area contributed by atoms with Gasteiger partial charge in [0.15, 0.2) is 0 Å². The second-order valence-electron chi connectivity index (χ2n) is 8.43. The molecule has 2 fully saturated rings. The van der Waals surface area contributed by atoms with E-state index in [0.29, 0.717) is 6.54 Å². The predicted molar refractivity (Wildman–Crippen MR) is 119 cm³/mol. The highest BCUT2D eigenvalue weighted by atomic mass is 16.1. The van der Waals surface area contributed by atoms with Gasteiger partial charge in [-0.15, -0.1) is 0 Å². The van der Waals surface area contributed by atoms with Gasteiger partial charge in [-0.25, -0.2) is 0 Å². The highest BCUT2D eigenvalue weighted by Gasteiger charge is 2.12. The van der Waals surface area contributed by atoms with Gasteiger partial charge in [0.25, 0.3) is 5.91 Å². The number of carbonyl (C=O) groups excluding carboxylic acids is 1. The molecule has 2 saturated heterocycles. The second-order valence-corrected chi connectivity index (χ2v) is 8.43. The third-order valence-electron chi connectivity index (χ3n) is 6.18. The lowest BCUT2D eigenvalue weighted by molar-refractivity contribution is 0.0951. The number of rotatable bonds is 6. The zero-order valence-corrected chi connectivity index (χ0v) is 17.4. The van der Waals surface area contributed by atoms with Crippen molar-refractivity contribution in [2.75, 3.05) is 31.1 Å². The molecule has 2 aliphatic rings. The Morgan fingerprint density at radius 2 is 1.31 bits per heavy atom. The van der Waals surface area contributed by atoms with Crippen LogP contribution >= 0.6 is 0 Å². The first-order valence-corrected chi connectivity index (χ1v) is 11.2. The van der Waals surface area contributed by atoms with Crippen molar-refractivity contribution in [3.05, 3.63) is 65.2 Å². The number of piperidine rings is 2. The van der Waals surface area contributed by atoms with Gasteiger partial charge in [0.1, 0.15) is 0 Å². The lowest BCUT2D eigenvalue weighted by atomic mass is 10.1. The third-order valence-corrected chi connectivity index (χ3v) is 6.18. The molecule has 4 nitrogen and oxygen atoms in total. The Hall–Kier alpha value is -2.33. The van der Waals surface area contributed by atoms with Gasteiger partial charge in [-0.1, -0.05) is 30.7 Å². The summed E-state index contributed by atoms with van der Waals surface area (Å²) in [7, 11) is 0. The van der Waals surface area contributed by atoms with Crippen molar-refractivity contribution in [1.29, 1.82) is 0 Å². The maximum atomic E-state index is 12.5. The second kappa shape index (κ2) is 9.93. The molecule has 0 atom stereocenters. The molecule has 2 aromatic carbocycles. The monoisotopic (exact) mass is 391 g/mol. The van der Waals surface area contributed by atoms with E-state index in [1.807, 2.05) is 12.1 Å². The lowest BCUT2D eigenvalue weighted by Crippen LogP contribution is -2.29. The van der Waals surface area contributed by atoms with E-state index < -0.39 is 0 Å². The fourth-order valence-electron chi connectivity index (χ4n) is 4.40. The number of nitrogens with zero attached hydrogens (tertiary/aromatic N) is 2. The Kier molecular flexibility index (Phi) is 6.83. The van der Waals surface area contributed by atoms with E-state index >= 15 is 0 Å². The molecule has 0 aliphatic carbocycles. The number of likely N-dealkylation sites (tertiary alicyclic amines) is 1. The van der Waals surface area contributed by atoms with Crippen LogP contribution in [-0.2, 0) is 13.1 Å². The zero-order valence-electron chi connectivity index (χ0n) is 17.4. The van der Waals surface area contributed by atoms with Gasteiger partial charge >= 0.3 is 0 Å². The van der Waals surface area contributed by atoms with Gasteiger partial charge in [-0.05, 0) is 80.6 Å². The minimum absolute atomic E-state index is 0.00686. The number of anilines is 1. The molecule has 0 bridgehead atoms. The summed E-state index contributed by atoms with van der Waals surface area (Å²) in [6, 6.07) is 16.7. The molecule has 2 aromatic rings. The van der Waals surface area contributed by atoms with E-state index in [1.54, 1.807) is 0 Å². The molecular formula is C25H33N3O. The fourth-order valence-corrected chi connectivity index (χ4v) is 4.40. The Morgan fingerprint density at radius 3 is 1.97 bits per heavy atom. The van der Waals surface area contributed by atoms with Crippen LogP contribution in [0.4, 0.5) is 5.69 Å². The van der Waals surface area contributed by atoms with Crippen molar-refractivity contribution in [3.63, 3.8) is 0 Å². The van der Waals surface area contributed by atoms with Crippen LogP contribution in [0, 0.1) is 0 Å². The van der Waals surface area contributed by atoms with Crippen LogP contribution in [-0.4, -0.2) is 37.0 Å². The van der Waals surface area contributed by atoms with Crippen LogP contribution in [0.5, 0.6) is 0 Å². The Balaban J connectivity index is 1.26. The number of nitrogens with one attached hydrogen (secondary N) is 1. The summed E-state index contributed by atoms with van der Waals surface area (Å²) < 4.78 is 0. The van der Waals surface area contributed by atoms with Crippen LogP contribution in [0.15, 0.2) is 48.5 Å². The van der Waals surface area contributed by atoms with Crippen LogP contribution in [0.2, 0.25) is 0 Å². The SMILES string of the molecule is O=C(NCc1ccc(CN2CCCCC2)cc1)c1ccc(N2CCCCC2)cc1. The summed E-state index contributed by atoms with van der Waals surface area (Å²) >= 11 is 0. The average molecular weight is 392 g/mol. The quantitative estimate of drug-likeness (QED) is 0.782. The molecule has 4 heteroatoms. The molecule has 2 heterocycles. The molecule has 0 aromatic heterocycles. The van der Waals surface area contributed by atoms with Gasteiger partial charge in [-0.3, -0.25) is 9.69 Å². The first kappa shape index (κ1) is 20.0. The molecule has 1 N–H and O–H groups in total. The Bertz CT molecular complexity index is 773. The molecule has 2 aliphatic heterocycles. The summed E-state index contributed by atoms with van der Waals surface area (Å²) in [6.07, 6.45) is 7.87. The number of carbonyl (C=O) groups is 1. The smallest absolute Gasteiger partial charge is 0.251 e. The van der Waals surface area contributed by atoms with E-state index in [4.69, 9.17) is 0 Å². The topological polar surface area (TPSA) is 35.6 Å². The van der Waals surface area contributed by atoms with E-state index in [-0.39, 0.29) is 5.91 Å². The largest absolute Gasteiger partial charge is 0.372 e. The van der Waals surface area contributed by atoms with E-state index in [9.17, 15) is 4.79 Å². The van der Waals surface area contributed by atoms with E-state index in [0.717, 1.165) is 30.8 Å². The summed E-state index contributed by atoms with van der Waals surface area (Å²) in [6.45, 7) is 6.29. The molecule has 29 heavy (non-hydrogen) atoms. The summed E-state index contributed by atoms with van der Waals surface area (Å²) in [5.74, 6) is -0.00686. The van der Waals surface area contributed by atoms with Crippen LogP contribution in [0.1, 0.15) is 60.0 Å². The molecule has 0 radical (unpaired) electrons. The fraction of sp³-hybridized carbons (Fsp3) is 0.480. The first-order valence-electron chi connectivity index (χ1n) is 11.2. The average Bonchev–Trinajstić information content (AvgIpc) is 2.80. The van der Waals surface area contributed by atoms with E-state index in [1.165, 1.54) is 62.9 Å². The minimum atomic E-state index is -0.00686. The molecule has 0 unspecified atom stereocenters. The Morgan fingerprint density at radius 1 is 0.724 bits per heavy atom. The summed E-state index contributed by atoms with van der Waals surface area (Å²) in [5, 5.41) is 3.05. The predicted octanol–water partition coefficient (Wildman–Crippen LogP) is 4.59. The first-order chi connectivity index (χ1) is 14.3. The van der Waals surface area contributed by atoms with Gasteiger partial charge in [0, 0.05) is 37.4 Å². The van der Waals surface area contributed by atoms with Crippen molar-refractivity contribution < 1.29 is 4.79 Å². The standard InChI is InChI=1S/C25H33N3O/c29-25(23-11-13-24(14-12-23)28-17-5-2-6-18-28)26-19-21-7-9-22(10-8-21)20-27-15-3-1-4-16-27/h7-14H,1-6,15-20H2,(H,26,29). The zero-order chi connectivity index (χ0) is 19.9. The van der Waals surface area contributed by atoms with Crippen molar-refractivity contribution in [2.24, 2.45) is 0 Å². The van der Waals surface area contributed by atoms with Gasteiger partial charge in [0.2, 0.25) is 0 Å². The normalized spacial score (nSPS) is 17.9. The third kappa shape index (κ3) is 5.60. The van der Waals surface area contributed by atoms with Gasteiger partial charge in [-0.2, -0.15) is 0 Å². The number of hydrogen-bond donors (Lipinski definition) is 1. The van der Waals surface area contributed by atoms with Crippen molar-refractivity contribution in [3.8, 4) is 0 Å².